The van der Waals surface area contributed by atoms with Crippen molar-refractivity contribution in [2.75, 3.05) is 12.9 Å². The lowest BCUT2D eigenvalue weighted by Crippen LogP contribution is -2.22. The van der Waals surface area contributed by atoms with E-state index in [4.69, 9.17) is 10.5 Å². The monoisotopic (exact) mass is 255 g/mol. The Kier molecular flexibility index (Phi) is 3.46. The van der Waals surface area contributed by atoms with Crippen molar-refractivity contribution in [2.24, 2.45) is 0 Å². The average molecular weight is 255 g/mol. The molecule has 0 unspecified atom stereocenters. The fraction of sp³-hybridized carbons (Fsp3) is 0.444. The number of nitrogens with one attached hydrogen (secondary N) is 2. The molecule has 0 amide bonds. The molecule has 4 N–H and O–H groups in total. The molecule has 2 aromatic rings. The molecule has 0 spiro atoms. The van der Waals surface area contributed by atoms with E-state index in [1.807, 2.05) is 6.26 Å². The number of H-pyrrole nitrogens is 1. The molecule has 2 aromatic heterocycles. The summed E-state index contributed by atoms with van der Waals surface area (Å²) in [7, 11) is 0. The van der Waals surface area contributed by atoms with Crippen LogP contribution >= 0.6 is 11.8 Å². The smallest absolute Gasteiger partial charge is 0.173 e. The molecule has 0 radical (unpaired) electrons. The Balaban J connectivity index is 2.53. The summed E-state index contributed by atoms with van der Waals surface area (Å²) >= 11 is 1.43. The van der Waals surface area contributed by atoms with Gasteiger partial charge in [-0.25, -0.2) is 9.97 Å². The van der Waals surface area contributed by atoms with E-state index < -0.39 is 6.10 Å². The summed E-state index contributed by atoms with van der Waals surface area (Å²) in [5, 5.41) is 26.6. The summed E-state index contributed by atoms with van der Waals surface area (Å²) in [6, 6.07) is 0. The summed E-state index contributed by atoms with van der Waals surface area (Å²) < 4.78 is 1.62. The fourth-order valence-electron chi connectivity index (χ4n) is 1.48. The molecular weight excluding hydrogens is 242 g/mol. The molecule has 0 fully saturated rings. The maximum Gasteiger partial charge on any atom is 0.173 e. The highest BCUT2D eigenvalue weighted by atomic mass is 32.2. The third-order valence-corrected chi connectivity index (χ3v) is 2.89. The van der Waals surface area contributed by atoms with Crippen LogP contribution in [-0.2, 0) is 6.54 Å². The van der Waals surface area contributed by atoms with Crippen LogP contribution in [0.3, 0.4) is 0 Å². The predicted molar refractivity (Wildman–Crippen MR) is 62.6 cm³/mol. The Bertz CT molecular complexity index is 578. The van der Waals surface area contributed by atoms with Gasteiger partial charge in [0.15, 0.2) is 16.3 Å². The standard InChI is InChI=1S/C9H13N5O2S/c1-17-9-12-6-7(10)11-4-14(8(6)13-9)2-5(16)3-15/h4-5,10,15-16H,2-3H2,1H3,(H,12,13)/t5-/m0/s1. The molecule has 0 aliphatic rings. The lowest BCUT2D eigenvalue weighted by molar-refractivity contribution is 0.0817. The molecule has 17 heavy (non-hydrogen) atoms. The summed E-state index contributed by atoms with van der Waals surface area (Å²) in [6.07, 6.45) is 2.45. The second-order valence-corrected chi connectivity index (χ2v) is 4.32. The van der Waals surface area contributed by atoms with Crippen LogP contribution < -0.4 is 5.49 Å². The minimum atomic E-state index is -0.865. The Hall–Kier alpha value is -1.38. The number of hydrogen-bond donors (Lipinski definition) is 4. The van der Waals surface area contributed by atoms with Gasteiger partial charge in [-0.15, -0.1) is 0 Å². The Morgan fingerprint density at radius 1 is 1.65 bits per heavy atom. The largest absolute Gasteiger partial charge is 0.394 e. The number of nitrogens with zero attached hydrogens (tertiary/aromatic N) is 3. The first-order valence-corrected chi connectivity index (χ1v) is 6.21. The zero-order chi connectivity index (χ0) is 12.4. The van der Waals surface area contributed by atoms with Gasteiger partial charge in [-0.2, -0.15) is 0 Å². The van der Waals surface area contributed by atoms with E-state index in [9.17, 15) is 5.11 Å². The molecule has 2 rings (SSSR count). The molecule has 0 bridgehead atoms. The number of hydrogen-bond acceptors (Lipinski definition) is 6. The number of thioether (sulfide) groups is 1. The number of aliphatic hydroxyl groups is 2. The van der Waals surface area contributed by atoms with Crippen LogP contribution in [0.4, 0.5) is 0 Å². The van der Waals surface area contributed by atoms with Gasteiger partial charge in [0.05, 0.1) is 25.6 Å². The van der Waals surface area contributed by atoms with E-state index in [0.717, 1.165) is 0 Å². The molecule has 8 heteroatoms. The van der Waals surface area contributed by atoms with Gasteiger partial charge in [0.2, 0.25) is 0 Å². The highest BCUT2D eigenvalue weighted by Gasteiger charge is 2.11. The van der Waals surface area contributed by atoms with Crippen molar-refractivity contribution in [3.63, 3.8) is 0 Å². The summed E-state index contributed by atoms with van der Waals surface area (Å²) in [5.41, 5.74) is 1.20. The summed E-state index contributed by atoms with van der Waals surface area (Å²) in [4.78, 5) is 11.2. The number of aliphatic hydroxyl groups excluding tert-OH is 2. The second kappa shape index (κ2) is 4.86. The second-order valence-electron chi connectivity index (χ2n) is 3.53. The van der Waals surface area contributed by atoms with E-state index in [1.54, 1.807) is 4.57 Å². The fourth-order valence-corrected chi connectivity index (χ4v) is 1.86. The number of aromatic amines is 1. The number of imidazole rings is 1. The molecule has 1 atom stereocenters. The molecule has 0 saturated carbocycles. The van der Waals surface area contributed by atoms with Crippen LogP contribution in [0.25, 0.3) is 11.2 Å². The van der Waals surface area contributed by atoms with Crippen LogP contribution in [0.1, 0.15) is 0 Å². The third kappa shape index (κ3) is 2.33. The van der Waals surface area contributed by atoms with E-state index >= 15 is 0 Å². The van der Waals surface area contributed by atoms with Crippen LogP contribution in [0.5, 0.6) is 0 Å². The zero-order valence-corrected chi connectivity index (χ0v) is 10.0. The maximum absolute atomic E-state index is 9.42. The minimum absolute atomic E-state index is 0.113. The summed E-state index contributed by atoms with van der Waals surface area (Å²) in [6.45, 7) is -0.129. The van der Waals surface area contributed by atoms with Gasteiger partial charge in [-0.3, -0.25) is 5.41 Å². The average Bonchev–Trinajstić information content (AvgIpc) is 2.77. The van der Waals surface area contributed by atoms with Gasteiger partial charge >= 0.3 is 0 Å². The maximum atomic E-state index is 9.42. The van der Waals surface area contributed by atoms with Gasteiger partial charge in [0.25, 0.3) is 0 Å². The van der Waals surface area contributed by atoms with Crippen molar-refractivity contribution >= 4 is 22.9 Å². The SMILES string of the molecule is CSc1nc2c([nH]1)c(=N)ncn2C[C@H](O)CO. The van der Waals surface area contributed by atoms with Gasteiger partial charge in [0, 0.05) is 0 Å². The van der Waals surface area contributed by atoms with Crippen molar-refractivity contribution in [2.45, 2.75) is 17.8 Å². The number of aromatic nitrogens is 4. The van der Waals surface area contributed by atoms with Crippen LogP contribution in [-0.4, -0.2) is 48.7 Å². The van der Waals surface area contributed by atoms with Crippen molar-refractivity contribution in [1.82, 2.24) is 19.5 Å². The first kappa shape index (κ1) is 12.1. The first-order valence-electron chi connectivity index (χ1n) is 4.98. The quantitative estimate of drug-likeness (QED) is 0.541. The normalized spacial score (nSPS) is 13.1. The Morgan fingerprint density at radius 2 is 2.41 bits per heavy atom. The molecule has 0 saturated heterocycles. The highest BCUT2D eigenvalue weighted by molar-refractivity contribution is 7.98. The van der Waals surface area contributed by atoms with Crippen LogP contribution in [0.2, 0.25) is 0 Å². The highest BCUT2D eigenvalue weighted by Crippen LogP contribution is 2.14. The molecule has 7 nitrogen and oxygen atoms in total. The van der Waals surface area contributed by atoms with Crippen molar-refractivity contribution < 1.29 is 10.2 Å². The van der Waals surface area contributed by atoms with E-state index in [2.05, 4.69) is 15.0 Å². The van der Waals surface area contributed by atoms with E-state index in [1.165, 1.54) is 18.1 Å². The molecule has 0 aliphatic heterocycles. The number of rotatable bonds is 4. The van der Waals surface area contributed by atoms with E-state index in [0.29, 0.717) is 16.3 Å². The molecule has 0 aromatic carbocycles. The van der Waals surface area contributed by atoms with E-state index in [-0.39, 0.29) is 18.6 Å². The lowest BCUT2D eigenvalue weighted by atomic mass is 10.3. The van der Waals surface area contributed by atoms with Gasteiger partial charge < -0.3 is 19.8 Å². The van der Waals surface area contributed by atoms with Crippen molar-refractivity contribution in [1.29, 1.82) is 5.41 Å². The first-order chi connectivity index (χ1) is 8.15. The predicted octanol–water partition coefficient (Wildman–Crippen LogP) is -0.686. The number of fused-ring (bicyclic) bond motifs is 1. The van der Waals surface area contributed by atoms with Gasteiger partial charge in [-0.05, 0) is 6.26 Å². The Morgan fingerprint density at radius 3 is 3.06 bits per heavy atom. The molecular formula is C9H13N5O2S. The summed E-state index contributed by atoms with van der Waals surface area (Å²) in [5.74, 6) is 0. The third-order valence-electron chi connectivity index (χ3n) is 2.31. The van der Waals surface area contributed by atoms with Crippen LogP contribution in [0.15, 0.2) is 11.5 Å². The topological polar surface area (TPSA) is 111 Å². The van der Waals surface area contributed by atoms with Gasteiger partial charge in [-0.1, -0.05) is 11.8 Å². The molecule has 92 valence electrons. The van der Waals surface area contributed by atoms with Gasteiger partial charge in [0.1, 0.15) is 5.52 Å². The lowest BCUT2D eigenvalue weighted by Gasteiger charge is -2.10. The molecule has 0 aliphatic carbocycles. The van der Waals surface area contributed by atoms with Crippen molar-refractivity contribution in [3.8, 4) is 0 Å². The van der Waals surface area contributed by atoms with Crippen LogP contribution in [0, 0.1) is 5.41 Å². The zero-order valence-electron chi connectivity index (χ0n) is 9.21. The van der Waals surface area contributed by atoms with Crippen molar-refractivity contribution in [3.05, 3.63) is 11.8 Å². The minimum Gasteiger partial charge on any atom is -0.394 e. The molecule has 2 heterocycles. The Labute approximate surface area is 101 Å².